The van der Waals surface area contributed by atoms with Crippen LogP contribution in [0.2, 0.25) is 0 Å². The Morgan fingerprint density at radius 3 is 2.80 bits per heavy atom. The molecule has 0 heterocycles. The predicted octanol–water partition coefficient (Wildman–Crippen LogP) is 2.84. The Hall–Kier alpha value is -1.43. The molecule has 0 radical (unpaired) electrons. The molecule has 1 rings (SSSR count). The van der Waals surface area contributed by atoms with Gasteiger partial charge in [0.25, 0.3) is 0 Å². The minimum Gasteiger partial charge on any atom is -0.496 e. The van der Waals surface area contributed by atoms with E-state index in [4.69, 9.17) is 4.74 Å². The molecule has 4 nitrogen and oxygen atoms in total. The lowest BCUT2D eigenvalue weighted by Crippen LogP contribution is -1.92. The van der Waals surface area contributed by atoms with E-state index in [1.54, 1.807) is 0 Å². The largest absolute Gasteiger partial charge is 0.496 e. The highest BCUT2D eigenvalue weighted by Gasteiger charge is 2.09. The van der Waals surface area contributed by atoms with E-state index in [-0.39, 0.29) is 11.3 Å². The van der Waals surface area contributed by atoms with Gasteiger partial charge < -0.3 is 4.74 Å². The second-order valence-corrected chi connectivity index (χ2v) is 3.52. The predicted molar refractivity (Wildman–Crippen MR) is 56.7 cm³/mol. The fraction of sp³-hybridized carbons (Fsp3) is 0.111. The van der Waals surface area contributed by atoms with Gasteiger partial charge in [0.1, 0.15) is 11.6 Å². The van der Waals surface area contributed by atoms with Crippen LogP contribution in [0.4, 0.5) is 4.39 Å². The number of benzene rings is 1. The molecule has 0 aliphatic carbocycles. The zero-order valence-corrected chi connectivity index (χ0v) is 9.32. The Morgan fingerprint density at radius 2 is 2.27 bits per heavy atom. The number of hydrogen-bond acceptors (Lipinski definition) is 3. The summed E-state index contributed by atoms with van der Waals surface area (Å²) in [6.45, 7) is 0. The van der Waals surface area contributed by atoms with E-state index in [0.29, 0.717) is 10.7 Å². The van der Waals surface area contributed by atoms with Gasteiger partial charge >= 0.3 is 0 Å². The van der Waals surface area contributed by atoms with Crippen LogP contribution in [0.1, 0.15) is 5.56 Å². The van der Waals surface area contributed by atoms with E-state index in [9.17, 15) is 14.5 Å². The Morgan fingerprint density at radius 1 is 1.60 bits per heavy atom. The van der Waals surface area contributed by atoms with Gasteiger partial charge in [-0.3, -0.25) is 10.1 Å². The van der Waals surface area contributed by atoms with Crippen molar-refractivity contribution in [2.45, 2.75) is 0 Å². The van der Waals surface area contributed by atoms with Gasteiger partial charge in [-0.05, 0) is 12.1 Å². The molecule has 0 bridgehead atoms. The summed E-state index contributed by atoms with van der Waals surface area (Å²) in [7, 11) is 1.37. The van der Waals surface area contributed by atoms with Gasteiger partial charge in [0.05, 0.1) is 17.6 Å². The molecule has 0 saturated carbocycles. The molecule has 80 valence electrons. The van der Waals surface area contributed by atoms with Crippen molar-refractivity contribution in [2.75, 3.05) is 7.11 Å². The minimum atomic E-state index is -0.666. The molecule has 0 amide bonds. The molecule has 0 fully saturated rings. The number of hydrogen-bond donors (Lipinski definition) is 0. The maximum absolute atomic E-state index is 13.4. The first-order valence-electron chi connectivity index (χ1n) is 3.89. The van der Waals surface area contributed by atoms with Crippen molar-refractivity contribution in [3.63, 3.8) is 0 Å². The summed E-state index contributed by atoms with van der Waals surface area (Å²) in [6.07, 6.45) is 1.72. The highest BCUT2D eigenvalue weighted by Crippen LogP contribution is 2.27. The number of ether oxygens (including phenoxy) is 1. The normalized spacial score (nSPS) is 10.6. The molecule has 0 saturated heterocycles. The summed E-state index contributed by atoms with van der Waals surface area (Å²) in [6, 6.07) is 2.74. The summed E-state index contributed by atoms with van der Waals surface area (Å²) in [5.74, 6) is -0.348. The summed E-state index contributed by atoms with van der Waals surface area (Å²) >= 11 is 3.09. The summed E-state index contributed by atoms with van der Waals surface area (Å²) in [4.78, 5) is 9.43. The van der Waals surface area contributed by atoms with Crippen molar-refractivity contribution in [3.8, 4) is 5.75 Å². The lowest BCUT2D eigenvalue weighted by Gasteiger charge is -2.05. The van der Waals surface area contributed by atoms with E-state index < -0.39 is 10.7 Å². The Labute approximate surface area is 93.6 Å². The average Bonchev–Trinajstić information content (AvgIpc) is 2.14. The molecule has 0 atom stereocenters. The van der Waals surface area contributed by atoms with Gasteiger partial charge in [0, 0.05) is 10.5 Å². The second-order valence-electron chi connectivity index (χ2n) is 2.60. The van der Waals surface area contributed by atoms with Crippen LogP contribution in [-0.2, 0) is 0 Å². The molecule has 1 aromatic rings. The zero-order chi connectivity index (χ0) is 11.4. The van der Waals surface area contributed by atoms with Crippen LogP contribution < -0.4 is 4.74 Å². The van der Waals surface area contributed by atoms with Crippen LogP contribution >= 0.6 is 15.9 Å². The summed E-state index contributed by atoms with van der Waals surface area (Å²) in [5.41, 5.74) is 0.0531. The number of nitrogens with zero attached hydrogens (tertiary/aromatic N) is 1. The van der Waals surface area contributed by atoms with Crippen LogP contribution in [0.25, 0.3) is 6.08 Å². The minimum absolute atomic E-state index is 0.0531. The average molecular weight is 276 g/mol. The van der Waals surface area contributed by atoms with Crippen LogP contribution in [0.5, 0.6) is 5.75 Å². The molecular weight excluding hydrogens is 269 g/mol. The van der Waals surface area contributed by atoms with Crippen LogP contribution in [0, 0.1) is 15.9 Å². The molecule has 0 spiro atoms. The molecule has 0 aromatic heterocycles. The van der Waals surface area contributed by atoms with Gasteiger partial charge in [-0.2, -0.15) is 0 Å². The van der Waals surface area contributed by atoms with Crippen molar-refractivity contribution >= 4 is 22.0 Å². The lowest BCUT2D eigenvalue weighted by molar-refractivity contribution is -0.401. The molecule has 15 heavy (non-hydrogen) atoms. The molecule has 0 N–H and O–H groups in total. The van der Waals surface area contributed by atoms with Crippen molar-refractivity contribution in [3.05, 3.63) is 44.3 Å². The zero-order valence-electron chi connectivity index (χ0n) is 7.74. The third kappa shape index (κ3) is 3.02. The van der Waals surface area contributed by atoms with Crippen molar-refractivity contribution in [1.82, 2.24) is 0 Å². The standard InChI is InChI=1S/C9H7BrFNO3/c1-15-9-5-6(10)4-8(11)7(9)2-3-12(13)14/h2-5H,1H3/b3-2+. The topological polar surface area (TPSA) is 52.4 Å². The Bertz CT molecular complexity index is 420. The van der Waals surface area contributed by atoms with E-state index in [0.717, 1.165) is 6.08 Å². The highest BCUT2D eigenvalue weighted by molar-refractivity contribution is 9.10. The molecule has 0 unspecified atom stereocenters. The summed E-state index contributed by atoms with van der Waals surface area (Å²) in [5, 5.41) is 10.1. The number of rotatable bonds is 3. The Kier molecular flexibility index (Phi) is 3.79. The molecule has 0 aliphatic heterocycles. The van der Waals surface area contributed by atoms with Crippen LogP contribution in [0.3, 0.4) is 0 Å². The second kappa shape index (κ2) is 4.88. The fourth-order valence-corrected chi connectivity index (χ4v) is 1.44. The van der Waals surface area contributed by atoms with E-state index in [1.165, 1.54) is 19.2 Å². The van der Waals surface area contributed by atoms with E-state index in [2.05, 4.69) is 15.9 Å². The van der Waals surface area contributed by atoms with Gasteiger partial charge in [-0.15, -0.1) is 0 Å². The third-order valence-corrected chi connectivity index (χ3v) is 2.10. The summed E-state index contributed by atoms with van der Waals surface area (Å²) < 4.78 is 18.8. The smallest absolute Gasteiger partial charge is 0.235 e. The number of methoxy groups -OCH3 is 1. The molecule has 0 aliphatic rings. The maximum atomic E-state index is 13.4. The maximum Gasteiger partial charge on any atom is 0.235 e. The van der Waals surface area contributed by atoms with Crippen molar-refractivity contribution < 1.29 is 14.1 Å². The van der Waals surface area contributed by atoms with Gasteiger partial charge in [-0.25, -0.2) is 4.39 Å². The lowest BCUT2D eigenvalue weighted by atomic mass is 10.2. The van der Waals surface area contributed by atoms with E-state index >= 15 is 0 Å². The van der Waals surface area contributed by atoms with Gasteiger partial charge in [0.2, 0.25) is 6.20 Å². The molecular formula is C9H7BrFNO3. The van der Waals surface area contributed by atoms with Crippen LogP contribution in [-0.4, -0.2) is 12.0 Å². The monoisotopic (exact) mass is 275 g/mol. The van der Waals surface area contributed by atoms with Gasteiger partial charge in [-0.1, -0.05) is 15.9 Å². The number of halogens is 2. The first-order chi connectivity index (χ1) is 7.04. The van der Waals surface area contributed by atoms with Crippen LogP contribution in [0.15, 0.2) is 22.8 Å². The van der Waals surface area contributed by atoms with Crippen molar-refractivity contribution in [1.29, 1.82) is 0 Å². The highest BCUT2D eigenvalue weighted by atomic mass is 79.9. The molecule has 6 heteroatoms. The fourth-order valence-electron chi connectivity index (χ4n) is 1.03. The Balaban J connectivity index is 3.20. The number of nitro groups is 1. The quantitative estimate of drug-likeness (QED) is 0.630. The SMILES string of the molecule is COc1cc(Br)cc(F)c1/C=C/[N+](=O)[O-]. The van der Waals surface area contributed by atoms with Gasteiger partial charge in [0.15, 0.2) is 0 Å². The first-order valence-corrected chi connectivity index (χ1v) is 4.68. The first kappa shape index (κ1) is 11.6. The third-order valence-electron chi connectivity index (χ3n) is 1.64. The van der Waals surface area contributed by atoms with E-state index in [1.807, 2.05) is 0 Å². The molecule has 1 aromatic carbocycles. The van der Waals surface area contributed by atoms with Crippen molar-refractivity contribution in [2.24, 2.45) is 0 Å².